The maximum absolute atomic E-state index is 5.72. The van der Waals surface area contributed by atoms with E-state index in [1.807, 2.05) is 0 Å². The van der Waals surface area contributed by atoms with Crippen molar-refractivity contribution in [1.29, 1.82) is 0 Å². The summed E-state index contributed by atoms with van der Waals surface area (Å²) in [6.07, 6.45) is 6.44. The predicted octanol–water partition coefficient (Wildman–Crippen LogP) is 1.29. The molecule has 2 rings (SSSR count). The first kappa shape index (κ1) is 11.4. The van der Waals surface area contributed by atoms with E-state index in [2.05, 4.69) is 17.6 Å². The Labute approximate surface area is 93.0 Å². The first-order valence-corrected chi connectivity index (χ1v) is 6.37. The van der Waals surface area contributed by atoms with Crippen LogP contribution in [-0.2, 0) is 4.74 Å². The summed E-state index contributed by atoms with van der Waals surface area (Å²) in [5.74, 6) is 0. The molecule has 3 nitrogen and oxygen atoms in total. The highest BCUT2D eigenvalue weighted by molar-refractivity contribution is 4.83. The monoisotopic (exact) mass is 212 g/mol. The van der Waals surface area contributed by atoms with Gasteiger partial charge in [0.2, 0.25) is 0 Å². The van der Waals surface area contributed by atoms with E-state index in [-0.39, 0.29) is 5.60 Å². The standard InChI is InChI=1S/C12H24N2O/c1-12(6-2-9-15-12)10-13-7-3-8-14-11-4-5-11/h11,13-14H,2-10H2,1H3. The fraction of sp³-hybridized carbons (Fsp3) is 1.00. The minimum atomic E-state index is 0.115. The first-order valence-electron chi connectivity index (χ1n) is 6.37. The number of rotatable bonds is 7. The Morgan fingerprint density at radius 2 is 2.20 bits per heavy atom. The van der Waals surface area contributed by atoms with E-state index in [1.54, 1.807) is 0 Å². The lowest BCUT2D eigenvalue weighted by Gasteiger charge is -2.23. The number of nitrogens with one attached hydrogen (secondary N) is 2. The second-order valence-electron chi connectivity index (χ2n) is 5.16. The lowest BCUT2D eigenvalue weighted by molar-refractivity contribution is 0.0210. The van der Waals surface area contributed by atoms with Gasteiger partial charge in [0.15, 0.2) is 0 Å². The third-order valence-corrected chi connectivity index (χ3v) is 3.34. The summed E-state index contributed by atoms with van der Waals surface area (Å²) in [6, 6.07) is 0.848. The number of hydrogen-bond donors (Lipinski definition) is 2. The molecule has 3 heteroatoms. The molecule has 1 aliphatic heterocycles. The van der Waals surface area contributed by atoms with Crippen molar-refractivity contribution in [2.24, 2.45) is 0 Å². The molecule has 1 heterocycles. The third-order valence-electron chi connectivity index (χ3n) is 3.34. The van der Waals surface area contributed by atoms with Crippen LogP contribution in [0.5, 0.6) is 0 Å². The summed E-state index contributed by atoms with van der Waals surface area (Å²) < 4.78 is 5.72. The van der Waals surface area contributed by atoms with Gasteiger partial charge in [0.25, 0.3) is 0 Å². The van der Waals surface area contributed by atoms with Gasteiger partial charge in [-0.3, -0.25) is 0 Å². The van der Waals surface area contributed by atoms with Gasteiger partial charge in [0.05, 0.1) is 5.60 Å². The molecule has 15 heavy (non-hydrogen) atoms. The van der Waals surface area contributed by atoms with Gasteiger partial charge >= 0.3 is 0 Å². The van der Waals surface area contributed by atoms with E-state index in [0.29, 0.717) is 0 Å². The zero-order chi connectivity index (χ0) is 10.6. The SMILES string of the molecule is CC1(CNCCCNC2CC2)CCCO1. The van der Waals surface area contributed by atoms with Crippen molar-refractivity contribution in [3.63, 3.8) is 0 Å². The van der Waals surface area contributed by atoms with Gasteiger partial charge < -0.3 is 15.4 Å². The molecule has 88 valence electrons. The summed E-state index contributed by atoms with van der Waals surface area (Å²) in [4.78, 5) is 0. The molecular formula is C12H24N2O. The lowest BCUT2D eigenvalue weighted by Crippen LogP contribution is -2.38. The molecule has 1 aliphatic carbocycles. The molecule has 0 amide bonds. The van der Waals surface area contributed by atoms with Crippen LogP contribution in [0.15, 0.2) is 0 Å². The lowest BCUT2D eigenvalue weighted by atomic mass is 10.0. The number of hydrogen-bond acceptors (Lipinski definition) is 3. The fourth-order valence-electron chi connectivity index (χ4n) is 2.14. The second kappa shape index (κ2) is 5.28. The Hall–Kier alpha value is -0.120. The Balaban J connectivity index is 1.43. The third kappa shape index (κ3) is 4.09. The molecule has 1 atom stereocenters. The van der Waals surface area contributed by atoms with Crippen LogP contribution >= 0.6 is 0 Å². The highest BCUT2D eigenvalue weighted by Gasteiger charge is 2.28. The molecule has 0 aromatic carbocycles. The van der Waals surface area contributed by atoms with Crippen LogP contribution in [0.3, 0.4) is 0 Å². The van der Waals surface area contributed by atoms with Crippen molar-refractivity contribution in [2.45, 2.75) is 50.7 Å². The highest BCUT2D eigenvalue weighted by atomic mass is 16.5. The second-order valence-corrected chi connectivity index (χ2v) is 5.16. The van der Waals surface area contributed by atoms with Gasteiger partial charge in [-0.1, -0.05) is 0 Å². The van der Waals surface area contributed by atoms with Crippen LogP contribution < -0.4 is 10.6 Å². The molecule has 1 saturated heterocycles. The van der Waals surface area contributed by atoms with Crippen molar-refractivity contribution in [2.75, 3.05) is 26.2 Å². The molecular weight excluding hydrogens is 188 g/mol. The summed E-state index contributed by atoms with van der Waals surface area (Å²) in [6.45, 7) is 6.45. The maximum atomic E-state index is 5.72. The van der Waals surface area contributed by atoms with E-state index in [1.165, 1.54) is 32.1 Å². The van der Waals surface area contributed by atoms with Crippen LogP contribution in [-0.4, -0.2) is 37.9 Å². The maximum Gasteiger partial charge on any atom is 0.0779 e. The van der Waals surface area contributed by atoms with Gasteiger partial charge in [-0.15, -0.1) is 0 Å². The smallest absolute Gasteiger partial charge is 0.0779 e. The molecule has 0 aromatic heterocycles. The van der Waals surface area contributed by atoms with Crippen LogP contribution in [0.25, 0.3) is 0 Å². The topological polar surface area (TPSA) is 33.3 Å². The van der Waals surface area contributed by atoms with Gasteiger partial charge in [-0.05, 0) is 52.1 Å². The molecule has 0 radical (unpaired) electrons. The molecule has 2 aliphatic rings. The summed E-state index contributed by atoms with van der Waals surface area (Å²) in [5, 5.41) is 7.02. The van der Waals surface area contributed by atoms with Gasteiger partial charge in [0.1, 0.15) is 0 Å². The average molecular weight is 212 g/mol. The van der Waals surface area contributed by atoms with Crippen LogP contribution in [0, 0.1) is 0 Å². The normalized spacial score (nSPS) is 31.0. The quantitative estimate of drug-likeness (QED) is 0.624. The van der Waals surface area contributed by atoms with E-state index >= 15 is 0 Å². The summed E-state index contributed by atoms with van der Waals surface area (Å²) in [7, 11) is 0. The van der Waals surface area contributed by atoms with E-state index in [9.17, 15) is 0 Å². The van der Waals surface area contributed by atoms with Crippen LogP contribution in [0.4, 0.5) is 0 Å². The van der Waals surface area contributed by atoms with Crippen molar-refractivity contribution in [3.05, 3.63) is 0 Å². The minimum absolute atomic E-state index is 0.115. The first-order chi connectivity index (χ1) is 7.29. The van der Waals surface area contributed by atoms with Crippen LogP contribution in [0.1, 0.15) is 39.0 Å². The predicted molar refractivity (Wildman–Crippen MR) is 62.1 cm³/mol. The summed E-state index contributed by atoms with van der Waals surface area (Å²) in [5.41, 5.74) is 0.115. The Morgan fingerprint density at radius 3 is 2.87 bits per heavy atom. The van der Waals surface area contributed by atoms with Gasteiger partial charge in [-0.25, -0.2) is 0 Å². The van der Waals surface area contributed by atoms with Crippen molar-refractivity contribution >= 4 is 0 Å². The van der Waals surface area contributed by atoms with Gasteiger partial charge in [0, 0.05) is 19.2 Å². The van der Waals surface area contributed by atoms with E-state index < -0.39 is 0 Å². The molecule has 1 unspecified atom stereocenters. The zero-order valence-electron chi connectivity index (χ0n) is 9.85. The zero-order valence-corrected chi connectivity index (χ0v) is 9.85. The van der Waals surface area contributed by atoms with Crippen LogP contribution in [0.2, 0.25) is 0 Å². The largest absolute Gasteiger partial charge is 0.374 e. The highest BCUT2D eigenvalue weighted by Crippen LogP contribution is 2.23. The fourth-order valence-corrected chi connectivity index (χ4v) is 2.14. The van der Waals surface area contributed by atoms with Crippen molar-refractivity contribution in [3.8, 4) is 0 Å². The summed E-state index contributed by atoms with van der Waals surface area (Å²) >= 11 is 0. The molecule has 2 fully saturated rings. The van der Waals surface area contributed by atoms with Gasteiger partial charge in [-0.2, -0.15) is 0 Å². The van der Waals surface area contributed by atoms with Crippen molar-refractivity contribution in [1.82, 2.24) is 10.6 Å². The van der Waals surface area contributed by atoms with E-state index in [4.69, 9.17) is 4.74 Å². The Bertz CT molecular complexity index is 186. The minimum Gasteiger partial charge on any atom is -0.374 e. The molecule has 0 aromatic rings. The Morgan fingerprint density at radius 1 is 1.33 bits per heavy atom. The molecule has 1 saturated carbocycles. The molecule has 0 bridgehead atoms. The Kier molecular flexibility index (Phi) is 4.00. The van der Waals surface area contributed by atoms with Crippen molar-refractivity contribution < 1.29 is 4.74 Å². The average Bonchev–Trinajstić information content (AvgIpc) is 2.95. The molecule has 0 spiro atoms. The van der Waals surface area contributed by atoms with E-state index in [0.717, 1.165) is 32.3 Å². The molecule has 2 N–H and O–H groups in total. The number of ether oxygens (including phenoxy) is 1.